The second-order valence-electron chi connectivity index (χ2n) is 7.73. The molecule has 0 heterocycles. The number of nitrogens with one attached hydrogen (secondary N) is 1. The largest absolute Gasteiger partial charge is 0.374 e. The van der Waals surface area contributed by atoms with E-state index < -0.39 is 0 Å². The molecule has 2 heteroatoms. The van der Waals surface area contributed by atoms with Gasteiger partial charge in [0.2, 0.25) is 0 Å². The van der Waals surface area contributed by atoms with Crippen molar-refractivity contribution in [3.8, 4) is 0 Å². The van der Waals surface area contributed by atoms with Crippen LogP contribution in [0.15, 0.2) is 18.2 Å². The van der Waals surface area contributed by atoms with Gasteiger partial charge in [0.15, 0.2) is 0 Å². The van der Waals surface area contributed by atoms with Crippen molar-refractivity contribution in [2.75, 3.05) is 25.5 Å². The van der Waals surface area contributed by atoms with Crippen LogP contribution in [0, 0.1) is 25.2 Å². The van der Waals surface area contributed by atoms with Crippen LogP contribution < -0.4 is 10.2 Å². The molecule has 0 spiro atoms. The first-order chi connectivity index (χ1) is 9.82. The lowest BCUT2D eigenvalue weighted by molar-refractivity contribution is 0.146. The fourth-order valence-electron chi connectivity index (χ4n) is 3.99. The van der Waals surface area contributed by atoms with E-state index in [4.69, 9.17) is 0 Å². The third-order valence-corrected chi connectivity index (χ3v) is 5.16. The van der Waals surface area contributed by atoms with Crippen LogP contribution in [0.25, 0.3) is 0 Å². The number of benzene rings is 1. The van der Waals surface area contributed by atoms with E-state index in [1.54, 1.807) is 0 Å². The number of hydrogen-bond acceptors (Lipinski definition) is 2. The molecular weight excluding hydrogens is 256 g/mol. The van der Waals surface area contributed by atoms with Crippen LogP contribution in [0.2, 0.25) is 0 Å². The van der Waals surface area contributed by atoms with Crippen LogP contribution in [-0.2, 0) is 0 Å². The summed E-state index contributed by atoms with van der Waals surface area (Å²) in [6, 6.07) is 7.43. The Kier molecular flexibility index (Phi) is 4.98. The summed E-state index contributed by atoms with van der Waals surface area (Å²) in [5, 5.41) is 3.55. The zero-order chi connectivity index (χ0) is 15.6. The molecule has 1 fully saturated rings. The molecule has 0 aromatic heterocycles. The number of hydrogen-bond donors (Lipinski definition) is 1. The summed E-state index contributed by atoms with van der Waals surface area (Å²) < 4.78 is 0. The summed E-state index contributed by atoms with van der Waals surface area (Å²) in [6.45, 7) is 10.4. The highest BCUT2D eigenvalue weighted by Gasteiger charge is 2.34. The maximum Gasteiger partial charge on any atom is 0.0393 e. The van der Waals surface area contributed by atoms with E-state index in [2.05, 4.69) is 70.2 Å². The van der Waals surface area contributed by atoms with Gasteiger partial charge in [0.25, 0.3) is 0 Å². The fraction of sp³-hybridized carbons (Fsp3) is 0.684. The van der Waals surface area contributed by atoms with E-state index in [1.807, 2.05) is 0 Å². The van der Waals surface area contributed by atoms with Crippen molar-refractivity contribution in [2.45, 2.75) is 53.0 Å². The molecule has 1 saturated carbocycles. The van der Waals surface area contributed by atoms with Gasteiger partial charge in [-0.3, -0.25) is 0 Å². The molecule has 118 valence electrons. The quantitative estimate of drug-likeness (QED) is 0.895. The first-order valence-corrected chi connectivity index (χ1v) is 8.28. The van der Waals surface area contributed by atoms with E-state index in [-0.39, 0.29) is 0 Å². The second-order valence-corrected chi connectivity index (χ2v) is 7.73. The molecule has 2 unspecified atom stereocenters. The molecule has 0 radical (unpaired) electrons. The Bertz CT molecular complexity index is 478. The lowest BCUT2D eigenvalue weighted by atomic mass is 9.69. The van der Waals surface area contributed by atoms with Gasteiger partial charge in [-0.2, -0.15) is 0 Å². The van der Waals surface area contributed by atoms with Crippen LogP contribution >= 0.6 is 0 Å². The minimum atomic E-state index is 0.487. The van der Waals surface area contributed by atoms with E-state index in [9.17, 15) is 0 Å². The first-order valence-electron chi connectivity index (χ1n) is 8.28. The van der Waals surface area contributed by atoms with Gasteiger partial charge in [-0.05, 0) is 63.1 Å². The van der Waals surface area contributed by atoms with Gasteiger partial charge < -0.3 is 10.2 Å². The molecule has 0 bridgehead atoms. The molecule has 0 aliphatic heterocycles. The molecule has 1 aliphatic carbocycles. The summed E-state index contributed by atoms with van der Waals surface area (Å²) in [7, 11) is 4.36. The zero-order valence-electron chi connectivity index (χ0n) is 14.7. The molecule has 2 atom stereocenters. The molecule has 0 saturated heterocycles. The molecule has 1 aromatic carbocycles. The van der Waals surface area contributed by atoms with E-state index >= 15 is 0 Å². The third-order valence-electron chi connectivity index (χ3n) is 5.16. The molecule has 2 nitrogen and oxygen atoms in total. The van der Waals surface area contributed by atoms with Crippen molar-refractivity contribution >= 4 is 5.69 Å². The van der Waals surface area contributed by atoms with Crippen molar-refractivity contribution < 1.29 is 0 Å². The van der Waals surface area contributed by atoms with Crippen molar-refractivity contribution in [3.63, 3.8) is 0 Å². The van der Waals surface area contributed by atoms with Crippen molar-refractivity contribution in [2.24, 2.45) is 11.3 Å². The number of rotatable bonds is 4. The topological polar surface area (TPSA) is 15.3 Å². The highest BCUT2D eigenvalue weighted by atomic mass is 15.1. The normalized spacial score (nSPS) is 24.9. The Labute approximate surface area is 130 Å². The van der Waals surface area contributed by atoms with Crippen LogP contribution in [0.3, 0.4) is 0 Å². The first kappa shape index (κ1) is 16.4. The minimum absolute atomic E-state index is 0.487. The highest BCUT2D eigenvalue weighted by molar-refractivity contribution is 5.53. The van der Waals surface area contributed by atoms with Crippen molar-refractivity contribution in [1.29, 1.82) is 0 Å². The fourth-order valence-corrected chi connectivity index (χ4v) is 3.99. The number of aryl methyl sites for hydroxylation is 2. The van der Waals surface area contributed by atoms with E-state index in [1.165, 1.54) is 36.1 Å². The van der Waals surface area contributed by atoms with Gasteiger partial charge in [0.1, 0.15) is 0 Å². The number of anilines is 1. The number of nitrogens with zero attached hydrogens (tertiary/aromatic N) is 1. The summed E-state index contributed by atoms with van der Waals surface area (Å²) in [4.78, 5) is 2.45. The Morgan fingerprint density at radius 1 is 1.29 bits per heavy atom. The average Bonchev–Trinajstić information content (AvgIpc) is 2.37. The lowest BCUT2D eigenvalue weighted by Crippen LogP contribution is -2.46. The van der Waals surface area contributed by atoms with Crippen LogP contribution in [-0.4, -0.2) is 26.7 Å². The molecular formula is C19H32N2. The predicted octanol–water partition coefficient (Wildman–Crippen LogP) is 4.15. The van der Waals surface area contributed by atoms with Crippen molar-refractivity contribution in [1.82, 2.24) is 5.32 Å². The van der Waals surface area contributed by atoms with Gasteiger partial charge in [-0.25, -0.2) is 0 Å². The summed E-state index contributed by atoms with van der Waals surface area (Å²) >= 11 is 0. The Morgan fingerprint density at radius 3 is 2.62 bits per heavy atom. The average molecular weight is 288 g/mol. The monoisotopic (exact) mass is 288 g/mol. The molecule has 2 rings (SSSR count). The van der Waals surface area contributed by atoms with Crippen LogP contribution in [0.1, 0.15) is 44.2 Å². The molecule has 1 aliphatic rings. The zero-order valence-corrected chi connectivity index (χ0v) is 14.7. The summed E-state index contributed by atoms with van der Waals surface area (Å²) in [5.41, 5.74) is 4.59. The van der Waals surface area contributed by atoms with E-state index in [0.717, 1.165) is 12.5 Å². The lowest BCUT2D eigenvalue weighted by Gasteiger charge is -2.42. The molecule has 0 amide bonds. The smallest absolute Gasteiger partial charge is 0.0393 e. The van der Waals surface area contributed by atoms with Crippen LogP contribution in [0.4, 0.5) is 5.69 Å². The molecule has 1 N–H and O–H groups in total. The Balaban J connectivity index is 2.10. The predicted molar refractivity (Wildman–Crippen MR) is 93.2 cm³/mol. The second kappa shape index (κ2) is 6.39. The van der Waals surface area contributed by atoms with E-state index in [0.29, 0.717) is 11.5 Å². The van der Waals surface area contributed by atoms with Gasteiger partial charge in [0, 0.05) is 25.3 Å². The highest BCUT2D eigenvalue weighted by Crippen LogP contribution is 2.39. The van der Waals surface area contributed by atoms with Crippen LogP contribution in [0.5, 0.6) is 0 Å². The van der Waals surface area contributed by atoms with Crippen molar-refractivity contribution in [3.05, 3.63) is 29.3 Å². The maximum absolute atomic E-state index is 3.55. The van der Waals surface area contributed by atoms with Gasteiger partial charge in [-0.1, -0.05) is 31.5 Å². The van der Waals surface area contributed by atoms with Gasteiger partial charge >= 0.3 is 0 Å². The third kappa shape index (κ3) is 4.00. The Morgan fingerprint density at radius 2 is 2.00 bits per heavy atom. The SMILES string of the molecule is CNC1CCC(C)(C)CC1CN(C)c1ccc(C)cc1C. The van der Waals surface area contributed by atoms with Gasteiger partial charge in [-0.15, -0.1) is 0 Å². The van der Waals surface area contributed by atoms with Gasteiger partial charge in [0.05, 0.1) is 0 Å². The molecule has 21 heavy (non-hydrogen) atoms. The summed E-state index contributed by atoms with van der Waals surface area (Å²) in [5.74, 6) is 0.726. The molecule has 1 aromatic rings. The minimum Gasteiger partial charge on any atom is -0.374 e. The standard InChI is InChI=1S/C19H32N2/c1-14-7-8-18(15(2)11-14)21(6)13-16-12-19(3,4)10-9-17(16)20-5/h7-8,11,16-17,20H,9-10,12-13H2,1-6H3. The maximum atomic E-state index is 3.55. The summed E-state index contributed by atoms with van der Waals surface area (Å²) in [6.07, 6.45) is 3.95. The Hall–Kier alpha value is -1.02.